The zero-order valence-electron chi connectivity index (χ0n) is 7.55. The summed E-state index contributed by atoms with van der Waals surface area (Å²) < 4.78 is 0.541. The third-order valence-electron chi connectivity index (χ3n) is 3.16. The molecule has 1 aliphatic heterocycles. The molecule has 0 nitrogen and oxygen atoms in total. The molecule has 0 N–H and O–H groups in total. The topological polar surface area (TPSA) is 0 Å². The fourth-order valence-electron chi connectivity index (χ4n) is 2.17. The van der Waals surface area contributed by atoms with Gasteiger partial charge in [0.15, 0.2) is 0 Å². The summed E-state index contributed by atoms with van der Waals surface area (Å²) >= 11 is 2.18. The Morgan fingerprint density at radius 2 is 2.27 bits per heavy atom. The molecule has 11 heavy (non-hydrogen) atoms. The fourth-order valence-corrected chi connectivity index (χ4v) is 3.90. The molecule has 2 rings (SSSR count). The van der Waals surface area contributed by atoms with Crippen LogP contribution in [0.2, 0.25) is 0 Å². The lowest BCUT2D eigenvalue weighted by Gasteiger charge is -2.24. The summed E-state index contributed by atoms with van der Waals surface area (Å²) in [5.41, 5.74) is 1.62. The van der Waals surface area contributed by atoms with E-state index in [0.717, 1.165) is 11.2 Å². The highest BCUT2D eigenvalue weighted by Crippen LogP contribution is 2.53. The van der Waals surface area contributed by atoms with Crippen LogP contribution in [0.4, 0.5) is 0 Å². The molecule has 1 heteroatoms. The maximum atomic E-state index is 2.45. The molecule has 2 atom stereocenters. The third kappa shape index (κ3) is 1.14. The number of thioether (sulfide) groups is 1. The van der Waals surface area contributed by atoms with Crippen LogP contribution in [0.3, 0.4) is 0 Å². The predicted molar refractivity (Wildman–Crippen MR) is 51.9 cm³/mol. The van der Waals surface area contributed by atoms with Gasteiger partial charge in [0, 0.05) is 10.00 Å². The zero-order chi connectivity index (χ0) is 8.06. The monoisotopic (exact) mass is 168 g/mol. The summed E-state index contributed by atoms with van der Waals surface area (Å²) in [5.74, 6) is 0.946. The van der Waals surface area contributed by atoms with Crippen LogP contribution in [0.1, 0.15) is 33.6 Å². The van der Waals surface area contributed by atoms with Crippen LogP contribution < -0.4 is 0 Å². The molecular formula is C10H16S. The SMILES string of the molecule is CC1=CCC2CC1SC2(C)C. The van der Waals surface area contributed by atoms with Gasteiger partial charge in [-0.3, -0.25) is 0 Å². The highest BCUT2D eigenvalue weighted by Gasteiger charge is 2.42. The highest BCUT2D eigenvalue weighted by atomic mass is 32.2. The second-order valence-electron chi connectivity index (χ2n) is 4.33. The molecule has 2 bridgehead atoms. The van der Waals surface area contributed by atoms with Crippen molar-refractivity contribution < 1.29 is 0 Å². The molecule has 1 aliphatic carbocycles. The Hall–Kier alpha value is 0.0900. The van der Waals surface area contributed by atoms with Crippen molar-refractivity contribution in [3.05, 3.63) is 11.6 Å². The van der Waals surface area contributed by atoms with E-state index < -0.39 is 0 Å². The van der Waals surface area contributed by atoms with Gasteiger partial charge in [0.05, 0.1) is 0 Å². The summed E-state index contributed by atoms with van der Waals surface area (Å²) in [6.45, 7) is 7.08. The molecule has 62 valence electrons. The Morgan fingerprint density at radius 1 is 1.55 bits per heavy atom. The van der Waals surface area contributed by atoms with Crippen LogP contribution in [0, 0.1) is 5.92 Å². The number of hydrogen-bond acceptors (Lipinski definition) is 1. The van der Waals surface area contributed by atoms with E-state index in [0.29, 0.717) is 4.75 Å². The first-order valence-corrected chi connectivity index (χ1v) is 5.32. The smallest absolute Gasteiger partial charge is 0.0262 e. The van der Waals surface area contributed by atoms with Crippen LogP contribution in [-0.2, 0) is 0 Å². The van der Waals surface area contributed by atoms with E-state index in [9.17, 15) is 0 Å². The molecular weight excluding hydrogens is 152 g/mol. The van der Waals surface area contributed by atoms with Gasteiger partial charge in [-0.05, 0) is 25.7 Å². The summed E-state index contributed by atoms with van der Waals surface area (Å²) in [6, 6.07) is 0. The highest BCUT2D eigenvalue weighted by molar-refractivity contribution is 8.01. The van der Waals surface area contributed by atoms with E-state index in [1.165, 1.54) is 12.8 Å². The van der Waals surface area contributed by atoms with Crippen LogP contribution in [0.25, 0.3) is 0 Å². The molecule has 0 spiro atoms. The minimum atomic E-state index is 0.541. The molecule has 1 heterocycles. The Kier molecular flexibility index (Phi) is 1.61. The van der Waals surface area contributed by atoms with Gasteiger partial charge in [0.25, 0.3) is 0 Å². The number of rotatable bonds is 0. The molecule has 0 saturated carbocycles. The largest absolute Gasteiger partial charge is 0.148 e. The van der Waals surface area contributed by atoms with Gasteiger partial charge in [-0.2, -0.15) is 0 Å². The average molecular weight is 168 g/mol. The third-order valence-corrected chi connectivity index (χ3v) is 4.95. The van der Waals surface area contributed by atoms with Gasteiger partial charge >= 0.3 is 0 Å². The molecule has 2 unspecified atom stereocenters. The van der Waals surface area contributed by atoms with Crippen molar-refractivity contribution in [1.29, 1.82) is 0 Å². The standard InChI is InChI=1S/C10H16S/c1-7-4-5-8-6-9(7)11-10(8,2)3/h4,8-9H,5-6H2,1-3H3. The van der Waals surface area contributed by atoms with Crippen molar-refractivity contribution in [3.63, 3.8) is 0 Å². The van der Waals surface area contributed by atoms with Crippen molar-refractivity contribution in [3.8, 4) is 0 Å². The molecule has 1 saturated heterocycles. The van der Waals surface area contributed by atoms with E-state index >= 15 is 0 Å². The van der Waals surface area contributed by atoms with Gasteiger partial charge in [-0.1, -0.05) is 25.5 Å². The van der Waals surface area contributed by atoms with Crippen molar-refractivity contribution in [2.24, 2.45) is 5.92 Å². The Labute approximate surface area is 73.4 Å². The first-order valence-electron chi connectivity index (χ1n) is 4.44. The van der Waals surface area contributed by atoms with Crippen LogP contribution in [0.5, 0.6) is 0 Å². The van der Waals surface area contributed by atoms with Crippen LogP contribution >= 0.6 is 11.8 Å². The van der Waals surface area contributed by atoms with Crippen molar-refractivity contribution in [2.45, 2.75) is 43.6 Å². The number of hydrogen-bond donors (Lipinski definition) is 0. The Balaban J connectivity index is 2.25. The summed E-state index contributed by atoms with van der Waals surface area (Å²) in [5, 5.41) is 0.851. The van der Waals surface area contributed by atoms with Crippen molar-refractivity contribution in [2.75, 3.05) is 0 Å². The van der Waals surface area contributed by atoms with Crippen molar-refractivity contribution in [1.82, 2.24) is 0 Å². The van der Waals surface area contributed by atoms with Gasteiger partial charge in [-0.15, -0.1) is 11.8 Å². The maximum Gasteiger partial charge on any atom is 0.0262 e. The Bertz CT molecular complexity index is 203. The van der Waals surface area contributed by atoms with Gasteiger partial charge in [0.1, 0.15) is 0 Å². The lowest BCUT2D eigenvalue weighted by molar-refractivity contribution is 0.419. The molecule has 1 fully saturated rings. The zero-order valence-corrected chi connectivity index (χ0v) is 8.37. The van der Waals surface area contributed by atoms with Crippen molar-refractivity contribution >= 4 is 11.8 Å². The van der Waals surface area contributed by atoms with Crippen LogP contribution in [0.15, 0.2) is 11.6 Å². The number of fused-ring (bicyclic) bond motifs is 2. The summed E-state index contributed by atoms with van der Waals surface area (Å²) in [6.07, 6.45) is 5.20. The summed E-state index contributed by atoms with van der Waals surface area (Å²) in [7, 11) is 0. The molecule has 0 amide bonds. The quantitative estimate of drug-likeness (QED) is 0.500. The van der Waals surface area contributed by atoms with E-state index in [2.05, 4.69) is 38.6 Å². The first-order chi connectivity index (χ1) is 5.09. The van der Waals surface area contributed by atoms with Gasteiger partial charge in [-0.25, -0.2) is 0 Å². The van der Waals surface area contributed by atoms with Gasteiger partial charge in [0.2, 0.25) is 0 Å². The van der Waals surface area contributed by atoms with Crippen LogP contribution in [-0.4, -0.2) is 10.00 Å². The second kappa shape index (κ2) is 2.29. The normalized spacial score (nSPS) is 40.5. The minimum absolute atomic E-state index is 0.541. The van der Waals surface area contributed by atoms with E-state index in [-0.39, 0.29) is 0 Å². The molecule has 0 aromatic rings. The lowest BCUT2D eigenvalue weighted by atomic mass is 9.83. The lowest BCUT2D eigenvalue weighted by Crippen LogP contribution is -2.21. The average Bonchev–Trinajstić information content (AvgIpc) is 2.16. The molecule has 0 radical (unpaired) electrons. The second-order valence-corrected chi connectivity index (χ2v) is 6.18. The molecule has 2 aliphatic rings. The maximum absolute atomic E-state index is 2.45. The molecule has 0 aromatic carbocycles. The summed E-state index contributed by atoms with van der Waals surface area (Å²) in [4.78, 5) is 0. The fraction of sp³-hybridized carbons (Fsp3) is 0.800. The van der Waals surface area contributed by atoms with E-state index in [1.807, 2.05) is 0 Å². The van der Waals surface area contributed by atoms with E-state index in [4.69, 9.17) is 0 Å². The predicted octanol–water partition coefficient (Wildman–Crippen LogP) is 3.24. The minimum Gasteiger partial charge on any atom is -0.148 e. The Morgan fingerprint density at radius 3 is 2.91 bits per heavy atom. The first kappa shape index (κ1) is 7.72. The number of allylic oxidation sites excluding steroid dienone is 1. The van der Waals surface area contributed by atoms with E-state index in [1.54, 1.807) is 5.57 Å². The van der Waals surface area contributed by atoms with Gasteiger partial charge < -0.3 is 0 Å². The molecule has 0 aromatic heterocycles.